The molecule has 8 heteroatoms. The third-order valence-corrected chi connectivity index (χ3v) is 5.16. The van der Waals surface area contributed by atoms with Crippen molar-refractivity contribution in [2.24, 2.45) is 0 Å². The number of anilines is 1. The first kappa shape index (κ1) is 18.9. The van der Waals surface area contributed by atoms with E-state index in [2.05, 4.69) is 10.0 Å². The smallest absolute Gasteiger partial charge is 0.335 e. The predicted molar refractivity (Wildman–Crippen MR) is 94.2 cm³/mol. The van der Waals surface area contributed by atoms with Crippen molar-refractivity contribution < 1.29 is 23.4 Å². The van der Waals surface area contributed by atoms with Gasteiger partial charge in [0.15, 0.2) is 0 Å². The maximum atomic E-state index is 12.8. The Morgan fingerprint density at radius 3 is 2.44 bits per heavy atom. The molecule has 0 fully saturated rings. The van der Waals surface area contributed by atoms with Crippen LogP contribution in [0.4, 0.5) is 5.69 Å². The lowest BCUT2D eigenvalue weighted by Crippen LogP contribution is -2.28. The number of benzene rings is 2. The van der Waals surface area contributed by atoms with Crippen LogP contribution in [0, 0.1) is 0 Å². The Hall–Kier alpha value is -2.42. The maximum absolute atomic E-state index is 12.8. The number of aromatic carboxylic acids is 1. The summed E-state index contributed by atoms with van der Waals surface area (Å²) in [6.07, 6.45) is 0. The van der Waals surface area contributed by atoms with E-state index >= 15 is 0 Å². The van der Waals surface area contributed by atoms with Gasteiger partial charge in [0.25, 0.3) is 0 Å². The average molecular weight is 364 g/mol. The quantitative estimate of drug-likeness (QED) is 0.568. The maximum Gasteiger partial charge on any atom is 0.335 e. The van der Waals surface area contributed by atoms with E-state index in [1.807, 2.05) is 6.07 Å². The van der Waals surface area contributed by atoms with Gasteiger partial charge in [0, 0.05) is 12.6 Å². The number of sulfonamides is 1. The van der Waals surface area contributed by atoms with Crippen LogP contribution in [0.3, 0.4) is 0 Å². The highest BCUT2D eigenvalue weighted by Crippen LogP contribution is 2.25. The molecule has 0 heterocycles. The number of carbonyl (C=O) groups is 1. The molecule has 2 aromatic carbocycles. The number of nitrogens with one attached hydrogen (secondary N) is 2. The molecule has 0 radical (unpaired) electrons. The Bertz CT molecular complexity index is 837. The molecule has 0 aliphatic heterocycles. The molecule has 1 unspecified atom stereocenters. The molecule has 4 N–H and O–H groups in total. The van der Waals surface area contributed by atoms with E-state index in [0.717, 1.165) is 11.6 Å². The third-order valence-electron chi connectivity index (χ3n) is 3.58. The molecule has 2 aromatic rings. The highest BCUT2D eigenvalue weighted by atomic mass is 32.2. The number of hydrogen-bond donors (Lipinski definition) is 4. The van der Waals surface area contributed by atoms with Crippen LogP contribution in [0.15, 0.2) is 53.4 Å². The normalized spacial score (nSPS) is 12.6. The Kier molecular flexibility index (Phi) is 6.13. The van der Waals surface area contributed by atoms with E-state index in [0.29, 0.717) is 0 Å². The van der Waals surface area contributed by atoms with Crippen LogP contribution in [0.1, 0.15) is 28.9 Å². The number of rotatable bonds is 8. The van der Waals surface area contributed by atoms with E-state index < -0.39 is 22.0 Å². The zero-order chi connectivity index (χ0) is 18.4. The SMILES string of the molecule is CC(NS(=O)(=O)c1cc(C(=O)O)ccc1NCCO)c1ccccc1. The van der Waals surface area contributed by atoms with Gasteiger partial charge in [0.2, 0.25) is 10.0 Å². The van der Waals surface area contributed by atoms with Crippen LogP contribution in [0.2, 0.25) is 0 Å². The van der Waals surface area contributed by atoms with Crippen molar-refractivity contribution in [2.45, 2.75) is 17.9 Å². The zero-order valence-corrected chi connectivity index (χ0v) is 14.5. The van der Waals surface area contributed by atoms with E-state index in [-0.39, 0.29) is 29.3 Å². The van der Waals surface area contributed by atoms with Crippen LogP contribution in [-0.2, 0) is 10.0 Å². The minimum absolute atomic E-state index is 0.137. The lowest BCUT2D eigenvalue weighted by molar-refractivity contribution is 0.0696. The molecule has 2 rings (SSSR count). The second-order valence-electron chi connectivity index (χ2n) is 5.42. The van der Waals surface area contributed by atoms with E-state index in [1.165, 1.54) is 12.1 Å². The lowest BCUT2D eigenvalue weighted by atomic mass is 10.1. The number of carboxylic acids is 1. The fraction of sp³-hybridized carbons (Fsp3) is 0.235. The minimum Gasteiger partial charge on any atom is -0.478 e. The number of hydrogen-bond acceptors (Lipinski definition) is 5. The largest absolute Gasteiger partial charge is 0.478 e. The molecule has 25 heavy (non-hydrogen) atoms. The van der Waals surface area contributed by atoms with Crippen molar-refractivity contribution in [3.63, 3.8) is 0 Å². The number of carboxylic acid groups (broad SMARTS) is 1. The molecule has 0 saturated carbocycles. The topological polar surface area (TPSA) is 116 Å². The van der Waals surface area contributed by atoms with E-state index in [9.17, 15) is 13.2 Å². The third kappa shape index (κ3) is 4.79. The Balaban J connectivity index is 2.38. The predicted octanol–water partition coefficient (Wildman–Crippen LogP) is 1.83. The van der Waals surface area contributed by atoms with Crippen LogP contribution < -0.4 is 10.0 Å². The van der Waals surface area contributed by atoms with Crippen LogP contribution in [0.25, 0.3) is 0 Å². The first-order valence-corrected chi connectivity index (χ1v) is 9.13. The summed E-state index contributed by atoms with van der Waals surface area (Å²) < 4.78 is 28.1. The highest BCUT2D eigenvalue weighted by molar-refractivity contribution is 7.89. The van der Waals surface area contributed by atoms with Crippen LogP contribution in [0.5, 0.6) is 0 Å². The van der Waals surface area contributed by atoms with Gasteiger partial charge >= 0.3 is 5.97 Å². The first-order chi connectivity index (χ1) is 11.8. The van der Waals surface area contributed by atoms with Gasteiger partial charge < -0.3 is 15.5 Å². The Labute approximate surface area is 146 Å². The summed E-state index contributed by atoms with van der Waals surface area (Å²) in [6.45, 7) is 1.66. The summed E-state index contributed by atoms with van der Waals surface area (Å²) in [5.41, 5.74) is 0.874. The van der Waals surface area contributed by atoms with Gasteiger partial charge in [0.1, 0.15) is 4.90 Å². The summed E-state index contributed by atoms with van der Waals surface area (Å²) in [5.74, 6) is -1.22. The van der Waals surface area contributed by atoms with Crippen LogP contribution in [-0.4, -0.2) is 37.8 Å². The number of aliphatic hydroxyl groups is 1. The molecule has 0 aromatic heterocycles. The Morgan fingerprint density at radius 2 is 1.84 bits per heavy atom. The highest BCUT2D eigenvalue weighted by Gasteiger charge is 2.23. The van der Waals surface area contributed by atoms with Crippen molar-refractivity contribution in [3.8, 4) is 0 Å². The molecule has 0 amide bonds. The molecule has 1 atom stereocenters. The molecule has 134 valence electrons. The van der Waals surface area contributed by atoms with E-state index in [4.69, 9.17) is 10.2 Å². The van der Waals surface area contributed by atoms with Crippen LogP contribution >= 0.6 is 0 Å². The standard InChI is InChI=1S/C17H20N2O5S/c1-12(13-5-3-2-4-6-13)19-25(23,24)16-11-14(17(21)22)7-8-15(16)18-9-10-20/h2-8,11-12,18-20H,9-10H2,1H3,(H,21,22). The van der Waals surface area contributed by atoms with Crippen molar-refractivity contribution >= 4 is 21.7 Å². The molecule has 0 saturated heterocycles. The van der Waals surface area contributed by atoms with Gasteiger partial charge in [-0.25, -0.2) is 17.9 Å². The molecule has 7 nitrogen and oxygen atoms in total. The molecule has 0 aliphatic carbocycles. The molecular formula is C17H20N2O5S. The summed E-state index contributed by atoms with van der Waals surface area (Å²) in [5, 5.41) is 20.8. The van der Waals surface area contributed by atoms with Gasteiger partial charge in [0.05, 0.1) is 17.9 Å². The fourth-order valence-electron chi connectivity index (χ4n) is 2.32. The van der Waals surface area contributed by atoms with Crippen molar-refractivity contribution in [2.75, 3.05) is 18.5 Å². The second-order valence-corrected chi connectivity index (χ2v) is 7.10. The molecule has 0 bridgehead atoms. The lowest BCUT2D eigenvalue weighted by Gasteiger charge is -2.17. The molecule has 0 spiro atoms. The number of aliphatic hydroxyl groups excluding tert-OH is 1. The van der Waals surface area contributed by atoms with Gasteiger partial charge in [-0.1, -0.05) is 30.3 Å². The van der Waals surface area contributed by atoms with Gasteiger partial charge in [-0.15, -0.1) is 0 Å². The first-order valence-electron chi connectivity index (χ1n) is 7.64. The summed E-state index contributed by atoms with van der Waals surface area (Å²) >= 11 is 0. The second kappa shape index (κ2) is 8.11. The van der Waals surface area contributed by atoms with E-state index in [1.54, 1.807) is 31.2 Å². The minimum atomic E-state index is -3.98. The fourth-order valence-corrected chi connectivity index (χ4v) is 3.76. The summed E-state index contributed by atoms with van der Waals surface area (Å²) in [4.78, 5) is 11.0. The monoisotopic (exact) mass is 364 g/mol. The van der Waals surface area contributed by atoms with Gasteiger partial charge in [-0.05, 0) is 30.7 Å². The van der Waals surface area contributed by atoms with Crippen molar-refractivity contribution in [1.82, 2.24) is 4.72 Å². The Morgan fingerprint density at radius 1 is 1.16 bits per heavy atom. The van der Waals surface area contributed by atoms with Gasteiger partial charge in [-0.2, -0.15) is 0 Å². The molecular weight excluding hydrogens is 344 g/mol. The summed E-state index contributed by atoms with van der Waals surface area (Å²) in [6, 6.07) is 12.3. The summed E-state index contributed by atoms with van der Waals surface area (Å²) in [7, 11) is -3.98. The van der Waals surface area contributed by atoms with Gasteiger partial charge in [-0.3, -0.25) is 0 Å². The van der Waals surface area contributed by atoms with Crippen molar-refractivity contribution in [3.05, 3.63) is 59.7 Å². The van der Waals surface area contributed by atoms with Crippen molar-refractivity contribution in [1.29, 1.82) is 0 Å². The zero-order valence-electron chi connectivity index (χ0n) is 13.6. The molecule has 0 aliphatic rings. The average Bonchev–Trinajstić information content (AvgIpc) is 2.60.